The van der Waals surface area contributed by atoms with Gasteiger partial charge >= 0.3 is 59.5 Å². The summed E-state index contributed by atoms with van der Waals surface area (Å²) in [4.78, 5) is 0. The minimum absolute atomic E-state index is 0. The van der Waals surface area contributed by atoms with E-state index in [4.69, 9.17) is 30.6 Å². The van der Waals surface area contributed by atoms with Crippen molar-refractivity contribution in [1.82, 2.24) is 0 Å². The predicted molar refractivity (Wildman–Crippen MR) is 41.3 cm³/mol. The topological polar surface area (TPSA) is 138 Å². The van der Waals surface area contributed by atoms with Gasteiger partial charge in [0, 0.05) is 0 Å². The monoisotopic (exact) mass is 274 g/mol. The molecule has 0 heterocycles. The summed E-state index contributed by atoms with van der Waals surface area (Å²) in [5, 5.41) is 49.5. The summed E-state index contributed by atoms with van der Waals surface area (Å²) in [6.07, 6.45) is 0. The number of hydrogen-bond acceptors (Lipinski definition) is 6. The van der Waals surface area contributed by atoms with Crippen LogP contribution in [0.15, 0.2) is 0 Å². The van der Waals surface area contributed by atoms with E-state index in [1.165, 1.54) is 0 Å². The summed E-state index contributed by atoms with van der Waals surface area (Å²) >= 11 is 0. The molecule has 0 unspecified atom stereocenters. The third-order valence-corrected chi connectivity index (χ3v) is 0. The average molecular weight is 274 g/mol. The SMILES string of the molecule is C[O-].C[O-].C[O-].C[O-].C[O-].C[O-].[Ca+2].[Ti+4]. The quantitative estimate of drug-likeness (QED) is 0.402. The van der Waals surface area contributed by atoms with Gasteiger partial charge in [0.15, 0.2) is 0 Å². The molecule has 0 aromatic carbocycles. The van der Waals surface area contributed by atoms with Crippen LogP contribution in [0.25, 0.3) is 0 Å². The first-order chi connectivity index (χ1) is 6.00. The van der Waals surface area contributed by atoms with E-state index < -0.39 is 0 Å². The van der Waals surface area contributed by atoms with Gasteiger partial charge in [-0.2, -0.15) is 42.7 Å². The van der Waals surface area contributed by atoms with Crippen LogP contribution in [0, 0.1) is 0 Å². The number of hydrogen-bond donors (Lipinski definition) is 0. The molecule has 0 aliphatic rings. The smallest absolute Gasteiger partial charge is 0.857 e. The van der Waals surface area contributed by atoms with E-state index >= 15 is 0 Å². The van der Waals surface area contributed by atoms with Crippen LogP contribution in [0.3, 0.4) is 0 Å². The fraction of sp³-hybridized carbons (Fsp3) is 1.00. The van der Waals surface area contributed by atoms with Crippen LogP contribution >= 0.6 is 0 Å². The van der Waals surface area contributed by atoms with E-state index in [1.807, 2.05) is 0 Å². The second-order valence-corrected chi connectivity index (χ2v) is 0. The Labute approximate surface area is 131 Å². The average Bonchev–Trinajstić information content (AvgIpc) is 2.33. The maximum Gasteiger partial charge on any atom is 4.00 e. The molecule has 0 bridgehead atoms. The van der Waals surface area contributed by atoms with E-state index in [0.29, 0.717) is 0 Å². The van der Waals surface area contributed by atoms with Gasteiger partial charge in [0.2, 0.25) is 0 Å². The number of rotatable bonds is 0. The van der Waals surface area contributed by atoms with Gasteiger partial charge in [-0.25, -0.2) is 0 Å². The van der Waals surface area contributed by atoms with Crippen LogP contribution in [0.5, 0.6) is 0 Å². The van der Waals surface area contributed by atoms with Crippen molar-refractivity contribution >= 4 is 37.7 Å². The zero-order valence-electron chi connectivity index (χ0n) is 9.66. The summed E-state index contributed by atoms with van der Waals surface area (Å²) < 4.78 is 0. The zero-order chi connectivity index (χ0) is 12.0. The maximum absolute atomic E-state index is 8.25. The van der Waals surface area contributed by atoms with Gasteiger partial charge in [-0.15, -0.1) is 0 Å². The molecule has 0 fully saturated rings. The first-order valence-corrected chi connectivity index (χ1v) is 2.45. The predicted octanol–water partition coefficient (Wildman–Crippen LogP) is -6.52. The summed E-state index contributed by atoms with van der Waals surface area (Å²) in [6, 6.07) is 0. The van der Waals surface area contributed by atoms with E-state index in [2.05, 4.69) is 0 Å². The van der Waals surface area contributed by atoms with Gasteiger partial charge in [0.05, 0.1) is 0 Å². The van der Waals surface area contributed by atoms with Crippen molar-refractivity contribution in [3.05, 3.63) is 0 Å². The van der Waals surface area contributed by atoms with E-state index in [1.54, 1.807) is 0 Å². The van der Waals surface area contributed by atoms with Crippen LogP contribution in [0.1, 0.15) is 0 Å². The molecule has 0 amide bonds. The summed E-state index contributed by atoms with van der Waals surface area (Å²) in [7, 11) is 4.50. The Morgan fingerprint density at radius 2 is 0.357 bits per heavy atom. The van der Waals surface area contributed by atoms with E-state index in [9.17, 15) is 0 Å². The van der Waals surface area contributed by atoms with Crippen LogP contribution in [-0.4, -0.2) is 80.4 Å². The Morgan fingerprint density at radius 3 is 0.357 bits per heavy atom. The Hall–Kier alpha value is 1.73. The van der Waals surface area contributed by atoms with Crippen LogP contribution in [-0.2, 0) is 21.7 Å². The molecule has 0 spiro atoms. The molecule has 0 N–H and O–H groups in total. The van der Waals surface area contributed by atoms with Crippen molar-refractivity contribution in [2.75, 3.05) is 42.7 Å². The fourth-order valence-electron chi connectivity index (χ4n) is 0. The molecule has 0 aliphatic heterocycles. The van der Waals surface area contributed by atoms with Crippen LogP contribution in [0.2, 0.25) is 0 Å². The van der Waals surface area contributed by atoms with E-state index in [0.717, 1.165) is 42.7 Å². The normalized spacial score (nSPS) is 2.57. The zero-order valence-corrected chi connectivity index (χ0v) is 13.4. The molecule has 0 atom stereocenters. The van der Waals surface area contributed by atoms with Crippen molar-refractivity contribution in [2.24, 2.45) is 0 Å². The molecule has 0 aromatic rings. The molecule has 0 rings (SSSR count). The standard InChI is InChI=1S/6CH3O.Ca.Ti/c6*1-2;;/h6*1H3;;/q6*-1;+2;+4. The fourth-order valence-corrected chi connectivity index (χ4v) is 0. The summed E-state index contributed by atoms with van der Waals surface area (Å²) in [5.41, 5.74) is 0. The molecule has 0 saturated carbocycles. The minimum Gasteiger partial charge on any atom is -0.857 e. The molecule has 6 nitrogen and oxygen atoms in total. The van der Waals surface area contributed by atoms with Crippen molar-refractivity contribution < 1.29 is 52.4 Å². The third kappa shape index (κ3) is 741. The first-order valence-electron chi connectivity index (χ1n) is 2.45. The van der Waals surface area contributed by atoms with Gasteiger partial charge in [0.1, 0.15) is 0 Å². The van der Waals surface area contributed by atoms with Gasteiger partial charge in [-0.05, 0) is 0 Å². The van der Waals surface area contributed by atoms with E-state index in [-0.39, 0.29) is 59.5 Å². The Bertz CT molecular complexity index is 22.3. The van der Waals surface area contributed by atoms with Crippen LogP contribution in [0.4, 0.5) is 0 Å². The largest absolute Gasteiger partial charge is 4.00 e. The molecule has 0 saturated heterocycles. The molecule has 0 radical (unpaired) electrons. The Kier molecular flexibility index (Phi) is 3770. The second kappa shape index (κ2) is 924. The minimum atomic E-state index is 0. The van der Waals surface area contributed by atoms with Crippen molar-refractivity contribution in [1.29, 1.82) is 0 Å². The van der Waals surface area contributed by atoms with Gasteiger partial charge in [0.25, 0.3) is 0 Å². The molecule has 14 heavy (non-hydrogen) atoms. The van der Waals surface area contributed by atoms with Crippen LogP contribution < -0.4 is 30.6 Å². The van der Waals surface area contributed by atoms with Crippen molar-refractivity contribution in [3.63, 3.8) is 0 Å². The summed E-state index contributed by atoms with van der Waals surface area (Å²) in [5.74, 6) is 0. The molecular formula is C6H18CaO6Ti. The van der Waals surface area contributed by atoms with Crippen molar-refractivity contribution in [2.45, 2.75) is 0 Å². The Morgan fingerprint density at radius 1 is 0.357 bits per heavy atom. The molecule has 84 valence electrons. The second-order valence-electron chi connectivity index (χ2n) is 0. The van der Waals surface area contributed by atoms with Gasteiger partial charge in [-0.3, -0.25) is 0 Å². The van der Waals surface area contributed by atoms with Crippen molar-refractivity contribution in [3.8, 4) is 0 Å². The van der Waals surface area contributed by atoms with Gasteiger partial charge < -0.3 is 30.6 Å². The molecular weight excluding hydrogens is 256 g/mol. The third-order valence-electron chi connectivity index (χ3n) is 0. The van der Waals surface area contributed by atoms with Gasteiger partial charge in [-0.1, -0.05) is 0 Å². The first kappa shape index (κ1) is 57.1. The molecule has 0 aliphatic carbocycles. The summed E-state index contributed by atoms with van der Waals surface area (Å²) in [6.45, 7) is 0. The maximum atomic E-state index is 8.25. The molecule has 0 aromatic heterocycles. The molecule has 8 heteroatoms. The Balaban J connectivity index is -0.00000000500.